The molecule has 2 aliphatic rings. The molecule has 0 aliphatic carbocycles. The van der Waals surface area contributed by atoms with Crippen LogP contribution in [0.15, 0.2) is 0 Å². The average molecular weight is 268 g/mol. The largest absolute Gasteiger partial charge is 0.481 e. The summed E-state index contributed by atoms with van der Waals surface area (Å²) in [5.74, 6) is 0.236. The molecule has 0 radical (unpaired) electrons. The zero-order valence-corrected chi connectivity index (χ0v) is 12.3. The third-order valence-electron chi connectivity index (χ3n) is 5.00. The van der Waals surface area contributed by atoms with Gasteiger partial charge in [0.1, 0.15) is 0 Å². The highest BCUT2D eigenvalue weighted by Crippen LogP contribution is 2.29. The molecule has 2 rings (SSSR count). The predicted octanol–water partition coefficient (Wildman–Crippen LogP) is 1.90. The normalized spacial score (nSPS) is 29.3. The zero-order valence-electron chi connectivity index (χ0n) is 12.3. The van der Waals surface area contributed by atoms with Crippen molar-refractivity contribution >= 4 is 5.97 Å². The number of nitrogens with zero attached hydrogens (tertiary/aromatic N) is 2. The lowest BCUT2D eigenvalue weighted by Gasteiger charge is -2.43. The molecular weight excluding hydrogens is 240 g/mol. The third-order valence-corrected chi connectivity index (χ3v) is 5.00. The van der Waals surface area contributed by atoms with E-state index in [0.29, 0.717) is 18.3 Å². The van der Waals surface area contributed by atoms with Crippen molar-refractivity contribution in [2.24, 2.45) is 11.8 Å². The molecular formula is C15H28N2O2. The van der Waals surface area contributed by atoms with Crippen LogP contribution in [-0.2, 0) is 4.79 Å². The van der Waals surface area contributed by atoms with E-state index >= 15 is 0 Å². The molecule has 19 heavy (non-hydrogen) atoms. The van der Waals surface area contributed by atoms with Crippen LogP contribution < -0.4 is 0 Å². The molecule has 2 fully saturated rings. The summed E-state index contributed by atoms with van der Waals surface area (Å²) in [4.78, 5) is 15.9. The van der Waals surface area contributed by atoms with E-state index in [4.69, 9.17) is 5.11 Å². The first-order valence-corrected chi connectivity index (χ1v) is 7.70. The van der Waals surface area contributed by atoms with E-state index in [1.165, 1.54) is 45.3 Å². The first kappa shape index (κ1) is 14.8. The van der Waals surface area contributed by atoms with Gasteiger partial charge in [0, 0.05) is 19.0 Å². The number of piperidine rings is 2. The summed E-state index contributed by atoms with van der Waals surface area (Å²) in [5.41, 5.74) is 0. The van der Waals surface area contributed by atoms with Gasteiger partial charge in [-0.2, -0.15) is 0 Å². The number of carboxylic acid groups (broad SMARTS) is 1. The molecule has 0 aromatic heterocycles. The SMILES string of the molecule is CC(CC(=O)O)C1CCCN(C2CCN(C)CC2)C1. The van der Waals surface area contributed by atoms with Gasteiger partial charge in [-0.25, -0.2) is 0 Å². The van der Waals surface area contributed by atoms with E-state index < -0.39 is 5.97 Å². The van der Waals surface area contributed by atoms with Crippen LogP contribution in [0.3, 0.4) is 0 Å². The van der Waals surface area contributed by atoms with Crippen molar-refractivity contribution in [3.05, 3.63) is 0 Å². The van der Waals surface area contributed by atoms with Gasteiger partial charge in [-0.1, -0.05) is 6.92 Å². The molecule has 2 heterocycles. The van der Waals surface area contributed by atoms with Gasteiger partial charge >= 0.3 is 5.97 Å². The van der Waals surface area contributed by atoms with Gasteiger partial charge in [-0.3, -0.25) is 4.79 Å². The fraction of sp³-hybridized carbons (Fsp3) is 0.933. The Morgan fingerprint density at radius 3 is 2.58 bits per heavy atom. The van der Waals surface area contributed by atoms with Crippen molar-refractivity contribution in [3.8, 4) is 0 Å². The first-order chi connectivity index (χ1) is 9.06. The molecule has 0 bridgehead atoms. The van der Waals surface area contributed by atoms with Gasteiger partial charge in [0.05, 0.1) is 0 Å². The maximum absolute atomic E-state index is 10.9. The fourth-order valence-corrected chi connectivity index (χ4v) is 3.64. The van der Waals surface area contributed by atoms with Crippen molar-refractivity contribution in [1.29, 1.82) is 0 Å². The highest BCUT2D eigenvalue weighted by atomic mass is 16.4. The van der Waals surface area contributed by atoms with Crippen molar-refractivity contribution in [1.82, 2.24) is 9.80 Å². The van der Waals surface area contributed by atoms with Crippen molar-refractivity contribution in [2.45, 2.75) is 45.1 Å². The summed E-state index contributed by atoms with van der Waals surface area (Å²) in [5, 5.41) is 8.94. The summed E-state index contributed by atoms with van der Waals surface area (Å²) < 4.78 is 0. The quantitative estimate of drug-likeness (QED) is 0.846. The molecule has 0 amide bonds. The van der Waals surface area contributed by atoms with Crippen molar-refractivity contribution < 1.29 is 9.90 Å². The van der Waals surface area contributed by atoms with Crippen LogP contribution in [0.1, 0.15) is 39.0 Å². The summed E-state index contributed by atoms with van der Waals surface area (Å²) in [6.45, 7) is 6.84. The molecule has 2 aliphatic heterocycles. The van der Waals surface area contributed by atoms with E-state index in [-0.39, 0.29) is 0 Å². The number of carbonyl (C=O) groups is 1. The molecule has 4 nitrogen and oxygen atoms in total. The second-order valence-electron chi connectivity index (χ2n) is 6.51. The van der Waals surface area contributed by atoms with Crippen LogP contribution in [0.2, 0.25) is 0 Å². The van der Waals surface area contributed by atoms with Crippen molar-refractivity contribution in [2.75, 3.05) is 33.2 Å². The van der Waals surface area contributed by atoms with Gasteiger partial charge < -0.3 is 14.9 Å². The molecule has 4 heteroatoms. The van der Waals surface area contributed by atoms with Crippen molar-refractivity contribution in [3.63, 3.8) is 0 Å². The van der Waals surface area contributed by atoms with Gasteiger partial charge in [0.2, 0.25) is 0 Å². The summed E-state index contributed by atoms with van der Waals surface area (Å²) >= 11 is 0. The van der Waals surface area contributed by atoms with Crippen LogP contribution in [-0.4, -0.2) is 60.1 Å². The molecule has 0 spiro atoms. The monoisotopic (exact) mass is 268 g/mol. The van der Waals surface area contributed by atoms with E-state index in [1.807, 2.05) is 0 Å². The minimum Gasteiger partial charge on any atom is -0.481 e. The molecule has 0 saturated carbocycles. The Labute approximate surface area is 116 Å². The standard InChI is InChI=1S/C15H28N2O2/c1-12(10-15(18)19)13-4-3-7-17(11-13)14-5-8-16(2)9-6-14/h12-14H,3-11H2,1-2H3,(H,18,19). The highest BCUT2D eigenvalue weighted by molar-refractivity contribution is 5.67. The summed E-state index contributed by atoms with van der Waals surface area (Å²) in [6.07, 6.45) is 5.32. The maximum atomic E-state index is 10.9. The number of carboxylic acids is 1. The molecule has 110 valence electrons. The smallest absolute Gasteiger partial charge is 0.303 e. The first-order valence-electron chi connectivity index (χ1n) is 7.70. The van der Waals surface area contributed by atoms with E-state index in [2.05, 4.69) is 23.8 Å². The molecule has 0 aromatic carbocycles. The van der Waals surface area contributed by atoms with E-state index in [0.717, 1.165) is 12.6 Å². The average Bonchev–Trinajstić information content (AvgIpc) is 2.39. The Morgan fingerprint density at radius 1 is 1.26 bits per heavy atom. The second kappa shape index (κ2) is 6.71. The number of likely N-dealkylation sites (tertiary alicyclic amines) is 2. The summed E-state index contributed by atoms with van der Waals surface area (Å²) in [6, 6.07) is 0.732. The lowest BCUT2D eigenvalue weighted by atomic mass is 9.83. The molecule has 2 unspecified atom stereocenters. The zero-order chi connectivity index (χ0) is 13.8. The Balaban J connectivity index is 1.84. The Kier molecular flexibility index (Phi) is 5.22. The van der Waals surface area contributed by atoms with Crippen LogP contribution in [0.25, 0.3) is 0 Å². The number of hydrogen-bond donors (Lipinski definition) is 1. The van der Waals surface area contributed by atoms with Gasteiger partial charge in [0.15, 0.2) is 0 Å². The molecule has 0 aromatic rings. The van der Waals surface area contributed by atoms with Crippen LogP contribution in [0.4, 0.5) is 0 Å². The van der Waals surface area contributed by atoms with Gasteiger partial charge in [0.25, 0.3) is 0 Å². The van der Waals surface area contributed by atoms with Crippen LogP contribution in [0, 0.1) is 11.8 Å². The Morgan fingerprint density at radius 2 is 1.95 bits per heavy atom. The number of aliphatic carboxylic acids is 1. The fourth-order valence-electron chi connectivity index (χ4n) is 3.64. The number of hydrogen-bond acceptors (Lipinski definition) is 3. The van der Waals surface area contributed by atoms with Crippen LogP contribution >= 0.6 is 0 Å². The van der Waals surface area contributed by atoms with E-state index in [1.54, 1.807) is 0 Å². The lowest BCUT2D eigenvalue weighted by molar-refractivity contribution is -0.138. The minimum atomic E-state index is -0.649. The lowest BCUT2D eigenvalue weighted by Crippen LogP contribution is -2.48. The van der Waals surface area contributed by atoms with Gasteiger partial charge in [-0.15, -0.1) is 0 Å². The number of rotatable bonds is 4. The Bertz CT molecular complexity index is 301. The van der Waals surface area contributed by atoms with Crippen LogP contribution in [0.5, 0.6) is 0 Å². The Hall–Kier alpha value is -0.610. The minimum absolute atomic E-state index is 0.312. The summed E-state index contributed by atoms with van der Waals surface area (Å²) in [7, 11) is 2.20. The topological polar surface area (TPSA) is 43.8 Å². The molecule has 2 saturated heterocycles. The predicted molar refractivity (Wildman–Crippen MR) is 76.2 cm³/mol. The second-order valence-corrected chi connectivity index (χ2v) is 6.51. The third kappa shape index (κ3) is 4.18. The van der Waals surface area contributed by atoms with Gasteiger partial charge in [-0.05, 0) is 64.2 Å². The van der Waals surface area contributed by atoms with E-state index in [9.17, 15) is 4.79 Å². The molecule has 1 N–H and O–H groups in total. The molecule has 2 atom stereocenters. The highest BCUT2D eigenvalue weighted by Gasteiger charge is 2.30. The maximum Gasteiger partial charge on any atom is 0.303 e.